The number of aryl methyl sites for hydroxylation is 1. The summed E-state index contributed by atoms with van der Waals surface area (Å²) in [4.78, 5) is 2.47. The number of benzene rings is 1. The van der Waals surface area contributed by atoms with Crippen molar-refractivity contribution in [3.05, 3.63) is 23.8 Å². The molecule has 0 radical (unpaired) electrons. The van der Waals surface area contributed by atoms with Gasteiger partial charge in [0.15, 0.2) is 0 Å². The molecule has 3 rings (SSSR count). The van der Waals surface area contributed by atoms with E-state index < -0.39 is 0 Å². The second-order valence-electron chi connectivity index (χ2n) is 5.25. The predicted molar refractivity (Wildman–Crippen MR) is 69.3 cm³/mol. The zero-order valence-electron chi connectivity index (χ0n) is 10.1. The number of nitrogens with two attached hydrogens (primary N) is 1. The summed E-state index contributed by atoms with van der Waals surface area (Å²) in [5.41, 5.74) is 8.49. The molecule has 0 amide bonds. The Hall–Kier alpha value is -1.22. The summed E-state index contributed by atoms with van der Waals surface area (Å²) in [6, 6.07) is 6.36. The Bertz CT molecular complexity index is 419. The molecule has 2 aliphatic rings. The van der Waals surface area contributed by atoms with Crippen molar-refractivity contribution in [3.63, 3.8) is 0 Å². The molecule has 2 unspecified atom stereocenters. The third-order valence-corrected chi connectivity index (χ3v) is 4.31. The third-order valence-electron chi connectivity index (χ3n) is 4.31. The highest BCUT2D eigenvalue weighted by molar-refractivity contribution is 5.60. The first kappa shape index (κ1) is 10.9. The van der Waals surface area contributed by atoms with Gasteiger partial charge in [0.1, 0.15) is 5.75 Å². The highest BCUT2D eigenvalue weighted by Crippen LogP contribution is 2.39. The van der Waals surface area contributed by atoms with Gasteiger partial charge in [-0.3, -0.25) is 0 Å². The van der Waals surface area contributed by atoms with E-state index in [1.807, 2.05) is 6.07 Å². The van der Waals surface area contributed by atoms with Crippen molar-refractivity contribution in [1.29, 1.82) is 0 Å². The smallest absolute Gasteiger partial charge is 0.117 e. The van der Waals surface area contributed by atoms with Gasteiger partial charge >= 0.3 is 0 Å². The Morgan fingerprint density at radius 2 is 2.24 bits per heavy atom. The Labute approximate surface area is 102 Å². The Morgan fingerprint density at radius 1 is 1.35 bits per heavy atom. The summed E-state index contributed by atoms with van der Waals surface area (Å²) in [6.45, 7) is 1.90. The van der Waals surface area contributed by atoms with Crippen molar-refractivity contribution in [2.24, 2.45) is 11.7 Å². The van der Waals surface area contributed by atoms with Crippen molar-refractivity contribution < 1.29 is 5.11 Å². The van der Waals surface area contributed by atoms with E-state index in [0.29, 0.717) is 17.7 Å². The molecule has 1 aromatic rings. The minimum absolute atomic E-state index is 0.374. The molecule has 3 nitrogen and oxygen atoms in total. The number of nitrogens with zero attached hydrogens (tertiary/aromatic N) is 1. The van der Waals surface area contributed by atoms with E-state index in [2.05, 4.69) is 11.0 Å². The van der Waals surface area contributed by atoms with Gasteiger partial charge in [-0.2, -0.15) is 0 Å². The van der Waals surface area contributed by atoms with Crippen LogP contribution in [0.15, 0.2) is 18.2 Å². The van der Waals surface area contributed by atoms with Gasteiger partial charge in [-0.1, -0.05) is 6.07 Å². The molecule has 0 saturated carbocycles. The number of phenols is 1. The van der Waals surface area contributed by atoms with E-state index in [1.54, 1.807) is 6.07 Å². The van der Waals surface area contributed by atoms with Gasteiger partial charge in [-0.25, -0.2) is 0 Å². The van der Waals surface area contributed by atoms with Crippen LogP contribution in [0.2, 0.25) is 0 Å². The number of piperidine rings is 1. The second-order valence-corrected chi connectivity index (χ2v) is 5.25. The zero-order valence-corrected chi connectivity index (χ0v) is 10.1. The number of hydrogen-bond donors (Lipinski definition) is 2. The summed E-state index contributed by atoms with van der Waals surface area (Å²) >= 11 is 0. The van der Waals surface area contributed by atoms with Crippen molar-refractivity contribution in [2.75, 3.05) is 18.0 Å². The topological polar surface area (TPSA) is 49.5 Å². The lowest BCUT2D eigenvalue weighted by Gasteiger charge is -2.46. The van der Waals surface area contributed by atoms with Crippen molar-refractivity contribution >= 4 is 5.69 Å². The van der Waals surface area contributed by atoms with Crippen molar-refractivity contribution in [2.45, 2.75) is 31.7 Å². The number of rotatable bonds is 1. The predicted octanol–water partition coefficient (Wildman–Crippen LogP) is 1.88. The Balaban J connectivity index is 1.97. The maximum absolute atomic E-state index is 9.65. The molecule has 92 valence electrons. The van der Waals surface area contributed by atoms with E-state index in [0.717, 1.165) is 19.5 Å². The minimum Gasteiger partial charge on any atom is -0.508 e. The standard InChI is InChI=1S/C14H20N2O/c15-9-11-2-1-7-16-13(11)6-4-10-3-5-12(17)8-14(10)16/h3,5,8,11,13,17H,1-2,4,6-7,9,15H2. The number of hydrogen-bond acceptors (Lipinski definition) is 3. The quantitative estimate of drug-likeness (QED) is 0.777. The molecular weight excluding hydrogens is 212 g/mol. The highest BCUT2D eigenvalue weighted by atomic mass is 16.3. The molecule has 1 fully saturated rings. The van der Waals surface area contributed by atoms with Gasteiger partial charge in [-0.15, -0.1) is 0 Å². The van der Waals surface area contributed by atoms with Gasteiger partial charge in [-0.05, 0) is 49.8 Å². The fourth-order valence-electron chi connectivity index (χ4n) is 3.44. The maximum Gasteiger partial charge on any atom is 0.117 e. The van der Waals surface area contributed by atoms with E-state index >= 15 is 0 Å². The van der Waals surface area contributed by atoms with Crippen molar-refractivity contribution in [1.82, 2.24) is 0 Å². The Kier molecular flexibility index (Phi) is 2.71. The molecule has 1 aromatic carbocycles. The number of anilines is 1. The average Bonchev–Trinajstić information content (AvgIpc) is 2.37. The van der Waals surface area contributed by atoms with E-state index in [-0.39, 0.29) is 0 Å². The van der Waals surface area contributed by atoms with Crippen LogP contribution in [0.5, 0.6) is 5.75 Å². The molecule has 2 atom stereocenters. The normalized spacial score (nSPS) is 27.5. The molecule has 0 aromatic heterocycles. The summed E-state index contributed by atoms with van der Waals surface area (Å²) < 4.78 is 0. The maximum atomic E-state index is 9.65. The molecule has 1 saturated heterocycles. The van der Waals surface area contributed by atoms with Gasteiger partial charge in [0.2, 0.25) is 0 Å². The molecule has 0 bridgehead atoms. The van der Waals surface area contributed by atoms with Crippen LogP contribution in [0.1, 0.15) is 24.8 Å². The lowest BCUT2D eigenvalue weighted by Crippen LogP contribution is -2.50. The number of fused-ring (bicyclic) bond motifs is 3. The van der Waals surface area contributed by atoms with Crippen LogP contribution >= 0.6 is 0 Å². The number of phenolic OH excluding ortho intramolecular Hbond substituents is 1. The zero-order chi connectivity index (χ0) is 11.8. The first-order valence-corrected chi connectivity index (χ1v) is 6.58. The number of aromatic hydroxyl groups is 1. The SMILES string of the molecule is NCC1CCCN2c3cc(O)ccc3CCC12. The lowest BCUT2D eigenvalue weighted by molar-refractivity contribution is 0.305. The Morgan fingerprint density at radius 3 is 3.06 bits per heavy atom. The molecular formula is C14H20N2O. The van der Waals surface area contributed by atoms with E-state index in [9.17, 15) is 5.11 Å². The molecule has 3 heteroatoms. The average molecular weight is 232 g/mol. The first-order chi connectivity index (χ1) is 8.29. The highest BCUT2D eigenvalue weighted by Gasteiger charge is 2.34. The van der Waals surface area contributed by atoms with Gasteiger partial charge in [0, 0.05) is 24.3 Å². The summed E-state index contributed by atoms with van der Waals surface area (Å²) in [5, 5.41) is 9.65. The molecule has 0 spiro atoms. The van der Waals surface area contributed by atoms with Gasteiger partial charge in [0.05, 0.1) is 0 Å². The van der Waals surface area contributed by atoms with E-state index in [4.69, 9.17) is 5.73 Å². The van der Waals surface area contributed by atoms with Crippen LogP contribution in [0.4, 0.5) is 5.69 Å². The van der Waals surface area contributed by atoms with Crippen LogP contribution in [-0.2, 0) is 6.42 Å². The third kappa shape index (κ3) is 1.78. The fraction of sp³-hybridized carbons (Fsp3) is 0.571. The molecule has 3 N–H and O–H groups in total. The lowest BCUT2D eigenvalue weighted by atomic mass is 9.82. The van der Waals surface area contributed by atoms with Crippen LogP contribution in [0.3, 0.4) is 0 Å². The first-order valence-electron chi connectivity index (χ1n) is 6.58. The summed E-state index contributed by atoms with van der Waals surface area (Å²) in [5.74, 6) is 0.999. The van der Waals surface area contributed by atoms with E-state index in [1.165, 1.54) is 30.5 Å². The minimum atomic E-state index is 0.374. The van der Waals surface area contributed by atoms with Crippen LogP contribution in [0.25, 0.3) is 0 Å². The monoisotopic (exact) mass is 232 g/mol. The molecule has 2 aliphatic heterocycles. The van der Waals surface area contributed by atoms with Gasteiger partial charge < -0.3 is 15.7 Å². The largest absolute Gasteiger partial charge is 0.508 e. The van der Waals surface area contributed by atoms with Crippen LogP contribution in [-0.4, -0.2) is 24.2 Å². The summed E-state index contributed by atoms with van der Waals surface area (Å²) in [6.07, 6.45) is 4.80. The van der Waals surface area contributed by atoms with Crippen LogP contribution < -0.4 is 10.6 Å². The summed E-state index contributed by atoms with van der Waals surface area (Å²) in [7, 11) is 0. The molecule has 17 heavy (non-hydrogen) atoms. The molecule has 2 heterocycles. The second kappa shape index (κ2) is 4.22. The molecule has 0 aliphatic carbocycles. The van der Waals surface area contributed by atoms with Gasteiger partial charge in [0.25, 0.3) is 0 Å². The van der Waals surface area contributed by atoms with Crippen LogP contribution in [0, 0.1) is 5.92 Å². The van der Waals surface area contributed by atoms with Crippen molar-refractivity contribution in [3.8, 4) is 5.75 Å². The fourth-order valence-corrected chi connectivity index (χ4v) is 3.44.